The Kier molecular flexibility index (Phi) is 6.07. The van der Waals surface area contributed by atoms with Gasteiger partial charge in [-0.05, 0) is 91.8 Å². The zero-order valence-electron chi connectivity index (χ0n) is 21.3. The first-order valence-electron chi connectivity index (χ1n) is 13.0. The second kappa shape index (κ2) is 9.54. The number of carbonyl (C=O) groups is 1. The number of urea groups is 1. The van der Waals surface area contributed by atoms with Gasteiger partial charge in [0.25, 0.3) is 0 Å². The molecule has 4 aromatic rings. The molecule has 2 aliphatic rings. The van der Waals surface area contributed by atoms with Crippen LogP contribution in [0.3, 0.4) is 0 Å². The van der Waals surface area contributed by atoms with Gasteiger partial charge in [-0.3, -0.25) is 0 Å². The molecule has 1 unspecified atom stereocenters. The van der Waals surface area contributed by atoms with Crippen LogP contribution in [0, 0.1) is 19.7 Å². The number of hydrogen-bond donors (Lipinski definition) is 1. The van der Waals surface area contributed by atoms with Gasteiger partial charge in [0.05, 0.1) is 30.2 Å². The maximum Gasteiger partial charge on any atom is 0.320 e. The normalized spacial score (nSPS) is 17.9. The molecule has 0 radical (unpaired) electrons. The fourth-order valence-corrected chi connectivity index (χ4v) is 5.73. The van der Waals surface area contributed by atoms with E-state index in [9.17, 15) is 9.18 Å². The summed E-state index contributed by atoms with van der Waals surface area (Å²) in [6, 6.07) is 17.3. The van der Waals surface area contributed by atoms with E-state index in [4.69, 9.17) is 4.74 Å². The Labute approximate surface area is 216 Å². The smallest absolute Gasteiger partial charge is 0.320 e. The molecule has 0 bridgehead atoms. The number of amides is 2. The molecule has 7 heteroatoms. The second-order valence-corrected chi connectivity index (χ2v) is 10.1. The van der Waals surface area contributed by atoms with Crippen LogP contribution in [-0.2, 0) is 6.54 Å². The average Bonchev–Trinajstić information content (AvgIpc) is 3.14. The minimum absolute atomic E-state index is 0.0182. The van der Waals surface area contributed by atoms with Gasteiger partial charge in [0.2, 0.25) is 0 Å². The summed E-state index contributed by atoms with van der Waals surface area (Å²) >= 11 is 0. The van der Waals surface area contributed by atoms with Crippen LogP contribution in [0.2, 0.25) is 0 Å². The fraction of sp³-hybridized carbons (Fsp3) is 0.333. The lowest BCUT2D eigenvalue weighted by molar-refractivity contribution is 0.110. The van der Waals surface area contributed by atoms with E-state index in [2.05, 4.69) is 34.2 Å². The molecular weight excluding hydrogens is 467 g/mol. The van der Waals surface area contributed by atoms with Crippen LogP contribution in [-0.4, -0.2) is 45.5 Å². The number of piperidine rings is 1. The molecule has 0 saturated carbocycles. The quantitative estimate of drug-likeness (QED) is 0.342. The maximum atomic E-state index is 13.9. The number of aromatic nitrogens is 2. The Hall–Kier alpha value is -3.87. The summed E-state index contributed by atoms with van der Waals surface area (Å²) in [4.78, 5) is 25.6. The van der Waals surface area contributed by atoms with Crippen molar-refractivity contribution < 1.29 is 13.9 Å². The third-order valence-electron chi connectivity index (χ3n) is 7.58. The highest BCUT2D eigenvalue weighted by molar-refractivity contribution is 5.82. The van der Waals surface area contributed by atoms with Gasteiger partial charge >= 0.3 is 6.03 Å². The molecule has 1 N–H and O–H groups in total. The van der Waals surface area contributed by atoms with Gasteiger partial charge in [-0.2, -0.15) is 0 Å². The molecular formula is C30H31FN4O2. The molecule has 1 saturated heterocycles. The first-order valence-corrected chi connectivity index (χ1v) is 13.0. The van der Waals surface area contributed by atoms with Crippen molar-refractivity contribution in [2.75, 3.05) is 19.7 Å². The van der Waals surface area contributed by atoms with E-state index in [-0.39, 0.29) is 17.9 Å². The number of fused-ring (bicyclic) bond motifs is 2. The summed E-state index contributed by atoms with van der Waals surface area (Å²) in [5.41, 5.74) is 7.04. The van der Waals surface area contributed by atoms with Crippen molar-refractivity contribution >= 4 is 17.1 Å². The van der Waals surface area contributed by atoms with Crippen molar-refractivity contribution in [1.29, 1.82) is 0 Å². The van der Waals surface area contributed by atoms with Crippen LogP contribution < -0.4 is 4.74 Å². The molecule has 0 spiro atoms. The highest BCUT2D eigenvalue weighted by Gasteiger charge is 2.33. The standard InChI is InChI=1S/C30H31FN4O2/c1-19-15-24(31)8-9-25(19)28-5-3-4-12-35(28)30(36)34-13-14-37-29-11-7-21(16-23(29)18-34)22-6-10-26-27(17-22)33-20(2)32-26/h6-11,15-17,28H,3-5,12-14,18H2,1-2H3,(H,32,33). The van der Waals surface area contributed by atoms with Gasteiger partial charge in [-0.1, -0.05) is 18.2 Å². The zero-order valence-corrected chi connectivity index (χ0v) is 21.3. The highest BCUT2D eigenvalue weighted by atomic mass is 19.1. The molecule has 3 heterocycles. The molecule has 190 valence electrons. The second-order valence-electron chi connectivity index (χ2n) is 10.1. The molecule has 2 amide bonds. The molecule has 3 aromatic carbocycles. The van der Waals surface area contributed by atoms with E-state index in [1.54, 1.807) is 6.07 Å². The number of halogens is 1. The van der Waals surface area contributed by atoms with Crippen LogP contribution in [0.4, 0.5) is 9.18 Å². The molecule has 6 nitrogen and oxygen atoms in total. The number of aromatic amines is 1. The number of ether oxygens (including phenoxy) is 1. The zero-order chi connectivity index (χ0) is 25.5. The lowest BCUT2D eigenvalue weighted by Crippen LogP contribution is -2.47. The molecule has 1 aromatic heterocycles. The topological polar surface area (TPSA) is 61.5 Å². The van der Waals surface area contributed by atoms with Crippen LogP contribution in [0.15, 0.2) is 54.6 Å². The fourth-order valence-electron chi connectivity index (χ4n) is 5.73. The molecule has 2 aliphatic heterocycles. The monoisotopic (exact) mass is 498 g/mol. The highest BCUT2D eigenvalue weighted by Crippen LogP contribution is 2.35. The summed E-state index contributed by atoms with van der Waals surface area (Å²) in [6.07, 6.45) is 2.92. The van der Waals surface area contributed by atoms with Crippen LogP contribution >= 0.6 is 0 Å². The van der Waals surface area contributed by atoms with Crippen molar-refractivity contribution in [3.05, 3.63) is 82.9 Å². The summed E-state index contributed by atoms with van der Waals surface area (Å²) in [7, 11) is 0. The third-order valence-corrected chi connectivity index (χ3v) is 7.58. The lowest BCUT2D eigenvalue weighted by Gasteiger charge is -2.39. The minimum atomic E-state index is -0.242. The molecule has 1 atom stereocenters. The number of rotatable bonds is 2. The van der Waals surface area contributed by atoms with E-state index in [1.807, 2.05) is 41.8 Å². The Morgan fingerprint density at radius 1 is 1.03 bits per heavy atom. The predicted molar refractivity (Wildman–Crippen MR) is 142 cm³/mol. The van der Waals surface area contributed by atoms with Gasteiger partial charge in [0, 0.05) is 12.1 Å². The van der Waals surface area contributed by atoms with Crippen molar-refractivity contribution in [2.24, 2.45) is 0 Å². The number of aryl methyl sites for hydroxylation is 2. The number of H-pyrrole nitrogens is 1. The van der Waals surface area contributed by atoms with Gasteiger partial charge in [0.1, 0.15) is 24.0 Å². The van der Waals surface area contributed by atoms with Crippen molar-refractivity contribution in [3.63, 3.8) is 0 Å². The molecule has 37 heavy (non-hydrogen) atoms. The number of nitrogens with one attached hydrogen (secondary N) is 1. The van der Waals surface area contributed by atoms with E-state index in [0.717, 1.165) is 69.7 Å². The number of benzene rings is 3. The van der Waals surface area contributed by atoms with E-state index < -0.39 is 0 Å². The minimum Gasteiger partial charge on any atom is -0.491 e. The maximum absolute atomic E-state index is 13.9. The number of hydrogen-bond acceptors (Lipinski definition) is 3. The van der Waals surface area contributed by atoms with Crippen LogP contribution in [0.5, 0.6) is 5.75 Å². The first kappa shape index (κ1) is 23.5. The number of imidazole rings is 1. The van der Waals surface area contributed by atoms with Gasteiger partial charge in [-0.25, -0.2) is 14.2 Å². The van der Waals surface area contributed by atoms with Crippen LogP contribution in [0.1, 0.15) is 47.8 Å². The SMILES string of the molecule is Cc1nc2ccc(-c3ccc4c(c3)CN(C(=O)N3CCCCC3c3ccc(F)cc3C)CCO4)cc2[nH]1. The summed E-state index contributed by atoms with van der Waals surface area (Å²) in [6.45, 7) is 6.04. The van der Waals surface area contributed by atoms with Gasteiger partial charge < -0.3 is 19.5 Å². The number of nitrogens with zero attached hydrogens (tertiary/aromatic N) is 3. The van der Waals surface area contributed by atoms with Crippen molar-refractivity contribution in [1.82, 2.24) is 19.8 Å². The van der Waals surface area contributed by atoms with E-state index in [0.29, 0.717) is 26.2 Å². The Balaban J connectivity index is 1.28. The van der Waals surface area contributed by atoms with E-state index >= 15 is 0 Å². The summed E-state index contributed by atoms with van der Waals surface area (Å²) < 4.78 is 19.8. The molecule has 1 fully saturated rings. The van der Waals surface area contributed by atoms with Gasteiger partial charge in [0.15, 0.2) is 0 Å². The Bertz CT molecular complexity index is 1480. The van der Waals surface area contributed by atoms with E-state index in [1.165, 1.54) is 6.07 Å². The number of carbonyl (C=O) groups excluding carboxylic acids is 1. The molecule has 6 rings (SSSR count). The number of likely N-dealkylation sites (tertiary alicyclic amines) is 1. The third kappa shape index (κ3) is 4.54. The molecule has 0 aliphatic carbocycles. The largest absolute Gasteiger partial charge is 0.491 e. The lowest BCUT2D eigenvalue weighted by atomic mass is 9.92. The summed E-state index contributed by atoms with van der Waals surface area (Å²) in [5.74, 6) is 1.47. The Morgan fingerprint density at radius 2 is 1.86 bits per heavy atom. The Morgan fingerprint density at radius 3 is 2.73 bits per heavy atom. The van der Waals surface area contributed by atoms with Gasteiger partial charge in [-0.15, -0.1) is 0 Å². The van der Waals surface area contributed by atoms with Crippen LogP contribution in [0.25, 0.3) is 22.2 Å². The predicted octanol–water partition coefficient (Wildman–Crippen LogP) is 6.53. The van der Waals surface area contributed by atoms with Crippen molar-refractivity contribution in [3.8, 4) is 16.9 Å². The first-order chi connectivity index (χ1) is 18.0. The van der Waals surface area contributed by atoms with Crippen molar-refractivity contribution in [2.45, 2.75) is 45.7 Å². The summed E-state index contributed by atoms with van der Waals surface area (Å²) in [5, 5.41) is 0. The average molecular weight is 499 g/mol.